The number of benzene rings is 1. The van der Waals surface area contributed by atoms with Crippen LogP contribution in [0.15, 0.2) is 18.2 Å². The summed E-state index contributed by atoms with van der Waals surface area (Å²) in [6.45, 7) is 14.8. The van der Waals surface area contributed by atoms with Gasteiger partial charge >= 0.3 is 24.2 Å². The van der Waals surface area contributed by atoms with E-state index >= 15 is 0 Å². The first-order valence-electron chi connectivity index (χ1n) is 13.8. The van der Waals surface area contributed by atoms with E-state index in [4.69, 9.17) is 34.2 Å². The van der Waals surface area contributed by atoms with E-state index in [0.717, 1.165) is 12.8 Å². The molecule has 11 nitrogen and oxygen atoms in total. The zero-order chi connectivity index (χ0) is 30.4. The van der Waals surface area contributed by atoms with Crippen LogP contribution in [0.4, 0.5) is 9.59 Å². The van der Waals surface area contributed by atoms with Gasteiger partial charge in [0.1, 0.15) is 18.2 Å². The molecule has 0 spiro atoms. The number of carbonyl (C=O) groups excluding carboxylic acids is 4. The first-order chi connectivity index (χ1) is 18.8. The van der Waals surface area contributed by atoms with Gasteiger partial charge in [-0.1, -0.05) is 60.5 Å². The summed E-state index contributed by atoms with van der Waals surface area (Å²) in [7, 11) is 0. The number of nitrogens with two attached hydrogens (primary N) is 1. The lowest BCUT2D eigenvalue weighted by Crippen LogP contribution is -2.39. The number of carbonyl (C=O) groups is 4. The average molecular weight is 568 g/mol. The molecule has 2 N–H and O–H groups in total. The van der Waals surface area contributed by atoms with Crippen molar-refractivity contribution in [2.45, 2.75) is 92.9 Å². The lowest BCUT2D eigenvalue weighted by molar-refractivity contribution is -0.168. The first-order valence-corrected chi connectivity index (χ1v) is 13.8. The van der Waals surface area contributed by atoms with Gasteiger partial charge in [0, 0.05) is 0 Å². The maximum absolute atomic E-state index is 12.6. The average Bonchev–Trinajstić information content (AvgIpc) is 2.91. The summed E-state index contributed by atoms with van der Waals surface area (Å²) in [5.41, 5.74) is 6.58. The van der Waals surface area contributed by atoms with Crippen LogP contribution in [-0.4, -0.2) is 55.7 Å². The minimum absolute atomic E-state index is 0.0166. The van der Waals surface area contributed by atoms with E-state index in [-0.39, 0.29) is 48.9 Å². The van der Waals surface area contributed by atoms with Crippen LogP contribution in [0.1, 0.15) is 73.8 Å². The van der Waals surface area contributed by atoms with E-state index in [1.165, 1.54) is 12.1 Å². The van der Waals surface area contributed by atoms with Gasteiger partial charge in [-0.2, -0.15) is 0 Å². The lowest BCUT2D eigenvalue weighted by Gasteiger charge is -2.23. The lowest BCUT2D eigenvalue weighted by atomic mass is 10.1. The number of hydrogen-bond acceptors (Lipinski definition) is 11. The number of hydrogen-bond donors (Lipinski definition) is 1. The molecule has 1 aromatic rings. The second-order valence-corrected chi connectivity index (χ2v) is 10.4. The summed E-state index contributed by atoms with van der Waals surface area (Å²) in [4.78, 5) is 49.0. The molecule has 0 saturated heterocycles. The molecule has 0 heterocycles. The second kappa shape index (κ2) is 17.4. The quantitative estimate of drug-likeness (QED) is 0.169. The Kier molecular flexibility index (Phi) is 15.1. The fraction of sp³-hybridized carbons (Fsp3) is 0.655. The Balaban J connectivity index is 2.96. The van der Waals surface area contributed by atoms with Crippen LogP contribution in [-0.2, 0) is 35.0 Å². The van der Waals surface area contributed by atoms with Crippen molar-refractivity contribution in [3.63, 3.8) is 0 Å². The van der Waals surface area contributed by atoms with E-state index in [0.29, 0.717) is 5.56 Å². The largest absolute Gasteiger partial charge is 0.513 e. The van der Waals surface area contributed by atoms with Crippen LogP contribution in [0.2, 0.25) is 0 Å². The predicted molar refractivity (Wildman–Crippen MR) is 147 cm³/mol. The van der Waals surface area contributed by atoms with E-state index in [1.54, 1.807) is 33.8 Å². The Morgan fingerprint density at radius 2 is 1.20 bits per heavy atom. The molecule has 0 saturated carbocycles. The fourth-order valence-electron chi connectivity index (χ4n) is 2.86. The molecule has 1 aromatic carbocycles. The van der Waals surface area contributed by atoms with Crippen molar-refractivity contribution in [2.24, 2.45) is 23.5 Å². The summed E-state index contributed by atoms with van der Waals surface area (Å²) in [5, 5.41) is 0. The smallest absolute Gasteiger partial charge is 0.459 e. The monoisotopic (exact) mass is 567 g/mol. The Labute approximate surface area is 236 Å². The van der Waals surface area contributed by atoms with Gasteiger partial charge in [-0.15, -0.1) is 0 Å². The molecule has 0 fully saturated rings. The molecular weight excluding hydrogens is 522 g/mol. The maximum Gasteiger partial charge on any atom is 0.513 e. The molecule has 0 aromatic heterocycles. The Bertz CT molecular complexity index is 980. The van der Waals surface area contributed by atoms with Gasteiger partial charge in [-0.25, -0.2) is 9.59 Å². The van der Waals surface area contributed by atoms with E-state index in [2.05, 4.69) is 0 Å². The summed E-state index contributed by atoms with van der Waals surface area (Å²) in [6, 6.07) is 3.32. The fourth-order valence-corrected chi connectivity index (χ4v) is 2.86. The third-order valence-corrected chi connectivity index (χ3v) is 6.25. The highest BCUT2D eigenvalue weighted by Gasteiger charge is 2.26. The van der Waals surface area contributed by atoms with Gasteiger partial charge in [0.2, 0.25) is 0 Å². The van der Waals surface area contributed by atoms with Crippen LogP contribution in [0.3, 0.4) is 0 Å². The Morgan fingerprint density at radius 1 is 0.725 bits per heavy atom. The molecule has 40 heavy (non-hydrogen) atoms. The third kappa shape index (κ3) is 12.7. The molecule has 11 heteroatoms. The predicted octanol–water partition coefficient (Wildman–Crippen LogP) is 5.20. The zero-order valence-electron chi connectivity index (χ0n) is 24.9. The van der Waals surface area contributed by atoms with Gasteiger partial charge in [0.05, 0.1) is 19.1 Å². The summed E-state index contributed by atoms with van der Waals surface area (Å²) in [5.74, 6) is -1.31. The molecule has 0 aliphatic carbocycles. The second-order valence-electron chi connectivity index (χ2n) is 10.4. The Hall–Kier alpha value is -3.34. The van der Waals surface area contributed by atoms with E-state index in [9.17, 15) is 19.2 Å². The highest BCUT2D eigenvalue weighted by molar-refractivity contribution is 5.76. The molecular formula is C29H45NO10. The normalized spacial score (nSPS) is 14.8. The van der Waals surface area contributed by atoms with Crippen molar-refractivity contribution < 1.29 is 47.6 Å². The van der Waals surface area contributed by atoms with Crippen LogP contribution >= 0.6 is 0 Å². The van der Waals surface area contributed by atoms with Gasteiger partial charge in [-0.05, 0) is 49.8 Å². The van der Waals surface area contributed by atoms with E-state index < -0.39 is 42.5 Å². The number of rotatable bonds is 15. The van der Waals surface area contributed by atoms with E-state index in [1.807, 2.05) is 27.7 Å². The standard InChI is InChI=1S/C29H45NO10/c1-9-18(5)15-35-28(33)39-24-12-11-22(14-25(24)40-29(34)36-16-19(6)10-2)13-23(30)27(32)38-21(8)20(7)37-26(31)17(3)4/h11-12,14,17-21,23H,9-10,13,15-16,30H2,1-8H3/t18?,19?,20-,21-,23-/m0/s1. The molecule has 226 valence electrons. The van der Waals surface area contributed by atoms with Gasteiger partial charge < -0.3 is 34.2 Å². The van der Waals surface area contributed by atoms with Crippen molar-refractivity contribution in [1.29, 1.82) is 0 Å². The van der Waals surface area contributed by atoms with Crippen molar-refractivity contribution in [2.75, 3.05) is 13.2 Å². The van der Waals surface area contributed by atoms with Crippen molar-refractivity contribution in [1.82, 2.24) is 0 Å². The molecule has 0 bridgehead atoms. The molecule has 0 amide bonds. The number of esters is 2. The van der Waals surface area contributed by atoms with Crippen molar-refractivity contribution in [3.05, 3.63) is 23.8 Å². The number of ether oxygens (including phenoxy) is 6. The third-order valence-electron chi connectivity index (χ3n) is 6.25. The van der Waals surface area contributed by atoms with Crippen molar-refractivity contribution in [3.8, 4) is 11.5 Å². The van der Waals surface area contributed by atoms with Crippen LogP contribution in [0.5, 0.6) is 11.5 Å². The maximum atomic E-state index is 12.6. The van der Waals surface area contributed by atoms with Crippen LogP contribution < -0.4 is 15.2 Å². The summed E-state index contributed by atoms with van der Waals surface area (Å²) >= 11 is 0. The SMILES string of the molecule is CCC(C)COC(=O)Oc1ccc(C[C@H](N)C(=O)O[C@@H](C)[C@H](C)OC(=O)C(C)C)cc1OC(=O)OCC(C)CC. The molecule has 0 aliphatic heterocycles. The highest BCUT2D eigenvalue weighted by atomic mass is 16.7. The first kappa shape index (κ1) is 34.7. The zero-order valence-corrected chi connectivity index (χ0v) is 24.9. The minimum atomic E-state index is -1.08. The summed E-state index contributed by atoms with van der Waals surface area (Å²) in [6.07, 6.45) is -1.67. The Morgan fingerprint density at radius 3 is 1.68 bits per heavy atom. The highest BCUT2D eigenvalue weighted by Crippen LogP contribution is 2.30. The van der Waals surface area contributed by atoms with Gasteiger partial charge in [-0.3, -0.25) is 9.59 Å². The summed E-state index contributed by atoms with van der Waals surface area (Å²) < 4.78 is 31.5. The van der Waals surface area contributed by atoms with Gasteiger partial charge in [0.25, 0.3) is 0 Å². The molecule has 2 unspecified atom stereocenters. The molecule has 5 atom stereocenters. The van der Waals surface area contributed by atoms with Crippen LogP contribution in [0, 0.1) is 17.8 Å². The molecule has 0 aliphatic rings. The molecule has 0 radical (unpaired) electrons. The van der Waals surface area contributed by atoms with Crippen molar-refractivity contribution >= 4 is 24.2 Å². The van der Waals surface area contributed by atoms with Gasteiger partial charge in [0.15, 0.2) is 11.5 Å². The van der Waals surface area contributed by atoms with Crippen LogP contribution in [0.25, 0.3) is 0 Å². The minimum Gasteiger partial charge on any atom is -0.459 e. The topological polar surface area (TPSA) is 150 Å². The molecule has 1 rings (SSSR count).